The number of ether oxygens (including phenoxy) is 1. The average Bonchev–Trinajstić information content (AvgIpc) is 3.00. The molecule has 3 amide bonds. The van der Waals surface area contributed by atoms with Gasteiger partial charge in [0.25, 0.3) is 11.8 Å². The molecule has 0 saturated heterocycles. The minimum absolute atomic E-state index is 0.0553. The molecule has 0 atom stereocenters. The lowest BCUT2D eigenvalue weighted by Gasteiger charge is -2.14. The van der Waals surface area contributed by atoms with Crippen LogP contribution in [0.1, 0.15) is 27.1 Å². The molecule has 4 rings (SSSR count). The zero-order valence-corrected chi connectivity index (χ0v) is 15.8. The van der Waals surface area contributed by atoms with Crippen LogP contribution in [-0.4, -0.2) is 42.3 Å². The number of imide groups is 1. The molecule has 0 bridgehead atoms. The molecule has 6 nitrogen and oxygen atoms in total. The number of carbonyl (C=O) groups excluding carboxylic acids is 3. The van der Waals surface area contributed by atoms with Gasteiger partial charge in [-0.1, -0.05) is 48.5 Å². The Hall–Kier alpha value is -3.67. The summed E-state index contributed by atoms with van der Waals surface area (Å²) in [6.45, 7) is 0.722. The van der Waals surface area contributed by atoms with Crippen molar-refractivity contribution in [2.75, 3.05) is 19.7 Å². The Labute approximate surface area is 168 Å². The van der Waals surface area contributed by atoms with Gasteiger partial charge in [0.15, 0.2) is 0 Å². The van der Waals surface area contributed by atoms with E-state index in [0.717, 1.165) is 21.4 Å². The first kappa shape index (κ1) is 18.7. The summed E-state index contributed by atoms with van der Waals surface area (Å²) >= 11 is 0. The fraction of sp³-hybridized carbons (Fsp3) is 0.174. The minimum Gasteiger partial charge on any atom is -0.491 e. The fourth-order valence-electron chi connectivity index (χ4n) is 3.42. The van der Waals surface area contributed by atoms with Gasteiger partial charge < -0.3 is 10.1 Å². The maximum Gasteiger partial charge on any atom is 0.261 e. The topological polar surface area (TPSA) is 75.7 Å². The van der Waals surface area contributed by atoms with E-state index in [0.29, 0.717) is 24.3 Å². The van der Waals surface area contributed by atoms with Gasteiger partial charge in [0.2, 0.25) is 5.91 Å². The third-order valence-electron chi connectivity index (χ3n) is 4.87. The van der Waals surface area contributed by atoms with E-state index in [1.54, 1.807) is 24.3 Å². The number of carbonyl (C=O) groups is 3. The molecule has 1 heterocycles. The Morgan fingerprint density at radius 2 is 1.52 bits per heavy atom. The molecule has 6 heteroatoms. The van der Waals surface area contributed by atoms with Crippen molar-refractivity contribution in [1.82, 2.24) is 10.2 Å². The van der Waals surface area contributed by atoms with Crippen molar-refractivity contribution in [3.63, 3.8) is 0 Å². The summed E-state index contributed by atoms with van der Waals surface area (Å²) in [5.41, 5.74) is 0.780. The molecule has 3 aromatic rings. The Balaban J connectivity index is 1.24. The van der Waals surface area contributed by atoms with Crippen LogP contribution < -0.4 is 10.1 Å². The average molecular weight is 388 g/mol. The van der Waals surface area contributed by atoms with Crippen molar-refractivity contribution in [3.05, 3.63) is 77.9 Å². The monoisotopic (exact) mass is 388 g/mol. The van der Waals surface area contributed by atoms with E-state index in [1.165, 1.54) is 0 Å². The van der Waals surface area contributed by atoms with Crippen LogP contribution >= 0.6 is 0 Å². The number of rotatable bonds is 7. The van der Waals surface area contributed by atoms with Crippen molar-refractivity contribution in [2.24, 2.45) is 0 Å². The molecule has 1 aliphatic rings. The van der Waals surface area contributed by atoms with E-state index in [2.05, 4.69) is 5.32 Å². The van der Waals surface area contributed by atoms with Crippen LogP contribution in [0.25, 0.3) is 10.8 Å². The quantitative estimate of drug-likeness (QED) is 0.499. The lowest BCUT2D eigenvalue weighted by atomic mass is 10.1. The fourth-order valence-corrected chi connectivity index (χ4v) is 3.42. The first-order chi connectivity index (χ1) is 14.1. The predicted molar refractivity (Wildman–Crippen MR) is 109 cm³/mol. The van der Waals surface area contributed by atoms with Gasteiger partial charge in [0, 0.05) is 18.4 Å². The molecule has 0 unspecified atom stereocenters. The number of amides is 3. The third kappa shape index (κ3) is 3.82. The van der Waals surface area contributed by atoms with Crippen LogP contribution in [0.4, 0.5) is 0 Å². The molecule has 0 radical (unpaired) electrons. The molecule has 1 N–H and O–H groups in total. The zero-order chi connectivity index (χ0) is 20.2. The van der Waals surface area contributed by atoms with Gasteiger partial charge in [-0.15, -0.1) is 0 Å². The highest BCUT2D eigenvalue weighted by Gasteiger charge is 2.34. The molecule has 3 aromatic carbocycles. The lowest BCUT2D eigenvalue weighted by Crippen LogP contribution is -2.35. The molecule has 0 aromatic heterocycles. The van der Waals surface area contributed by atoms with E-state index >= 15 is 0 Å². The molecule has 29 heavy (non-hydrogen) atoms. The van der Waals surface area contributed by atoms with Crippen molar-refractivity contribution in [2.45, 2.75) is 6.42 Å². The van der Waals surface area contributed by atoms with Crippen LogP contribution in [-0.2, 0) is 4.79 Å². The molecule has 146 valence electrons. The van der Waals surface area contributed by atoms with Crippen molar-refractivity contribution in [1.29, 1.82) is 0 Å². The maximum atomic E-state index is 12.3. The molecular weight excluding hydrogens is 368 g/mol. The minimum atomic E-state index is -0.349. The summed E-state index contributed by atoms with van der Waals surface area (Å²) in [5, 5.41) is 4.88. The second-order valence-electron chi connectivity index (χ2n) is 6.73. The van der Waals surface area contributed by atoms with Gasteiger partial charge in [0.1, 0.15) is 12.4 Å². The summed E-state index contributed by atoms with van der Waals surface area (Å²) in [6, 6.07) is 20.5. The van der Waals surface area contributed by atoms with Gasteiger partial charge in [-0.2, -0.15) is 0 Å². The first-order valence-electron chi connectivity index (χ1n) is 9.47. The van der Waals surface area contributed by atoms with E-state index < -0.39 is 0 Å². The molecule has 0 fully saturated rings. The first-order valence-corrected chi connectivity index (χ1v) is 9.47. The SMILES string of the molecule is O=C(CCN1C(=O)c2ccccc2C1=O)NCCOc1cccc2ccccc12. The summed E-state index contributed by atoms with van der Waals surface area (Å²) in [6.07, 6.45) is 0.0553. The molecule has 0 spiro atoms. The van der Waals surface area contributed by atoms with Gasteiger partial charge in [-0.25, -0.2) is 0 Å². The number of hydrogen-bond acceptors (Lipinski definition) is 4. The number of benzene rings is 3. The predicted octanol–water partition coefficient (Wildman–Crippen LogP) is 3.02. The summed E-state index contributed by atoms with van der Waals surface area (Å²) in [5.74, 6) is -0.165. The molecule has 1 aliphatic heterocycles. The van der Waals surface area contributed by atoms with Crippen molar-refractivity contribution in [3.8, 4) is 5.75 Å². The number of nitrogens with zero attached hydrogens (tertiary/aromatic N) is 1. The van der Waals surface area contributed by atoms with Crippen LogP contribution in [0.2, 0.25) is 0 Å². The van der Waals surface area contributed by atoms with Crippen LogP contribution in [0, 0.1) is 0 Å². The standard InChI is InChI=1S/C23H20N2O4/c26-21(12-14-25-22(27)18-9-3-4-10-19(18)23(25)28)24-13-15-29-20-11-5-7-16-6-1-2-8-17(16)20/h1-11H,12-15H2,(H,24,26). The highest BCUT2D eigenvalue weighted by molar-refractivity contribution is 6.21. The second kappa shape index (κ2) is 8.14. The number of fused-ring (bicyclic) bond motifs is 2. The smallest absolute Gasteiger partial charge is 0.261 e. The van der Waals surface area contributed by atoms with Crippen LogP contribution in [0.5, 0.6) is 5.75 Å². The second-order valence-corrected chi connectivity index (χ2v) is 6.73. The Kier molecular flexibility index (Phi) is 5.24. The zero-order valence-electron chi connectivity index (χ0n) is 15.8. The summed E-state index contributed by atoms with van der Waals surface area (Å²) < 4.78 is 5.79. The Morgan fingerprint density at radius 1 is 0.862 bits per heavy atom. The van der Waals surface area contributed by atoms with Gasteiger partial charge >= 0.3 is 0 Å². The Morgan fingerprint density at radius 3 is 2.28 bits per heavy atom. The third-order valence-corrected chi connectivity index (χ3v) is 4.87. The number of hydrogen-bond donors (Lipinski definition) is 1. The number of nitrogens with one attached hydrogen (secondary N) is 1. The van der Waals surface area contributed by atoms with E-state index in [4.69, 9.17) is 4.74 Å². The maximum absolute atomic E-state index is 12.3. The van der Waals surface area contributed by atoms with E-state index in [-0.39, 0.29) is 30.7 Å². The Bertz CT molecular complexity index is 1050. The van der Waals surface area contributed by atoms with Gasteiger partial charge in [-0.05, 0) is 23.6 Å². The van der Waals surface area contributed by atoms with E-state index in [9.17, 15) is 14.4 Å². The van der Waals surface area contributed by atoms with Crippen LogP contribution in [0.15, 0.2) is 66.7 Å². The molecular formula is C23H20N2O4. The van der Waals surface area contributed by atoms with E-state index in [1.807, 2.05) is 42.5 Å². The normalized spacial score (nSPS) is 12.9. The summed E-state index contributed by atoms with van der Waals surface area (Å²) in [7, 11) is 0. The highest BCUT2D eigenvalue weighted by atomic mass is 16.5. The molecule has 0 saturated carbocycles. The molecule has 0 aliphatic carbocycles. The lowest BCUT2D eigenvalue weighted by molar-refractivity contribution is -0.121. The van der Waals surface area contributed by atoms with Crippen LogP contribution in [0.3, 0.4) is 0 Å². The van der Waals surface area contributed by atoms with Gasteiger partial charge in [-0.3, -0.25) is 19.3 Å². The highest BCUT2D eigenvalue weighted by Crippen LogP contribution is 2.25. The van der Waals surface area contributed by atoms with Crippen molar-refractivity contribution < 1.29 is 19.1 Å². The summed E-state index contributed by atoms with van der Waals surface area (Å²) in [4.78, 5) is 37.8. The van der Waals surface area contributed by atoms with Crippen molar-refractivity contribution >= 4 is 28.5 Å². The largest absolute Gasteiger partial charge is 0.491 e. The van der Waals surface area contributed by atoms with Gasteiger partial charge in [0.05, 0.1) is 17.7 Å².